The number of carbonyl (C=O) groups excluding carboxylic acids is 1. The van der Waals surface area contributed by atoms with Crippen LogP contribution in [0.4, 0.5) is 5.69 Å². The van der Waals surface area contributed by atoms with Crippen LogP contribution in [-0.4, -0.2) is 39.9 Å². The van der Waals surface area contributed by atoms with Gasteiger partial charge in [0.25, 0.3) is 5.91 Å². The normalized spacial score (nSPS) is 15.7. The van der Waals surface area contributed by atoms with Gasteiger partial charge >= 0.3 is 0 Å². The zero-order chi connectivity index (χ0) is 13.1. The number of hydrogen-bond donors (Lipinski definition) is 0. The molecule has 0 saturated carbocycles. The van der Waals surface area contributed by atoms with E-state index in [0.717, 1.165) is 0 Å². The summed E-state index contributed by atoms with van der Waals surface area (Å²) >= 11 is 6.22. The summed E-state index contributed by atoms with van der Waals surface area (Å²) in [4.78, 5) is 13.4. The molecule has 1 aliphatic rings. The van der Waals surface area contributed by atoms with Crippen LogP contribution in [0.3, 0.4) is 0 Å². The van der Waals surface area contributed by atoms with E-state index in [1.807, 2.05) is 0 Å². The van der Waals surface area contributed by atoms with Gasteiger partial charge in [-0.3, -0.25) is 4.79 Å². The maximum atomic E-state index is 11.8. The molecule has 1 aromatic carbocycles. The smallest absolute Gasteiger partial charge is 0.253 e. The van der Waals surface area contributed by atoms with Gasteiger partial charge in [0.15, 0.2) is 0 Å². The van der Waals surface area contributed by atoms with Crippen molar-refractivity contribution in [2.24, 2.45) is 0 Å². The van der Waals surface area contributed by atoms with Gasteiger partial charge in [0.05, 0.1) is 26.5 Å². The molecule has 0 bridgehead atoms. The maximum Gasteiger partial charge on any atom is 0.253 e. The molecule has 0 spiro atoms. The number of benzene rings is 1. The lowest BCUT2D eigenvalue weighted by atomic mass is 10.2. The summed E-state index contributed by atoms with van der Waals surface area (Å²) in [5.41, 5.74) is 0.584. The zero-order valence-corrected chi connectivity index (χ0v) is 11.0. The first-order chi connectivity index (χ1) is 8.67. The Balaban J connectivity index is 2.44. The molecule has 0 aliphatic carbocycles. The average Bonchev–Trinajstić information content (AvgIpc) is 2.40. The molecule has 1 saturated heterocycles. The second kappa shape index (κ2) is 5.46. The van der Waals surface area contributed by atoms with E-state index in [2.05, 4.69) is 0 Å². The standard InChI is InChI=1S/C12H14ClNO4/c1-16-8-5-9(12(13)10(6-8)17-2)14-3-4-18-7-11(14)15/h5-6H,3-4,7H2,1-2H3. The number of morpholine rings is 1. The molecule has 0 radical (unpaired) electrons. The summed E-state index contributed by atoms with van der Waals surface area (Å²) < 4.78 is 15.4. The van der Waals surface area contributed by atoms with Crippen molar-refractivity contribution in [3.05, 3.63) is 17.2 Å². The van der Waals surface area contributed by atoms with Crippen molar-refractivity contribution >= 4 is 23.2 Å². The average molecular weight is 272 g/mol. The second-order valence-corrected chi connectivity index (χ2v) is 4.14. The molecule has 0 atom stereocenters. The Kier molecular flexibility index (Phi) is 3.93. The molecule has 6 heteroatoms. The van der Waals surface area contributed by atoms with Crippen molar-refractivity contribution in [2.75, 3.05) is 38.9 Å². The third-order valence-electron chi connectivity index (χ3n) is 2.73. The van der Waals surface area contributed by atoms with Crippen molar-refractivity contribution in [2.45, 2.75) is 0 Å². The third kappa shape index (κ3) is 2.37. The number of ether oxygens (including phenoxy) is 3. The Labute approximate surface area is 110 Å². The molecule has 0 aromatic heterocycles. The van der Waals surface area contributed by atoms with Gasteiger partial charge in [-0.1, -0.05) is 11.6 Å². The van der Waals surface area contributed by atoms with E-state index in [9.17, 15) is 4.79 Å². The Hall–Kier alpha value is -1.46. The molecule has 5 nitrogen and oxygen atoms in total. The molecule has 1 aromatic rings. The van der Waals surface area contributed by atoms with Crippen LogP contribution in [0.2, 0.25) is 5.02 Å². The quantitative estimate of drug-likeness (QED) is 0.840. The molecular formula is C12H14ClNO4. The fourth-order valence-electron chi connectivity index (χ4n) is 1.79. The molecular weight excluding hydrogens is 258 g/mol. The molecule has 18 heavy (non-hydrogen) atoms. The van der Waals surface area contributed by atoms with Crippen molar-refractivity contribution < 1.29 is 19.0 Å². The number of anilines is 1. The van der Waals surface area contributed by atoms with Crippen LogP contribution < -0.4 is 14.4 Å². The van der Waals surface area contributed by atoms with Gasteiger partial charge in [0.2, 0.25) is 0 Å². The first kappa shape index (κ1) is 13.0. The number of methoxy groups -OCH3 is 2. The minimum Gasteiger partial charge on any atom is -0.497 e. The lowest BCUT2D eigenvalue weighted by molar-refractivity contribution is -0.125. The lowest BCUT2D eigenvalue weighted by Crippen LogP contribution is -2.41. The number of amides is 1. The highest BCUT2D eigenvalue weighted by atomic mass is 35.5. The van der Waals surface area contributed by atoms with Gasteiger partial charge in [-0.2, -0.15) is 0 Å². The molecule has 98 valence electrons. The summed E-state index contributed by atoms with van der Waals surface area (Å²) in [5, 5.41) is 0.397. The van der Waals surface area contributed by atoms with Crippen LogP contribution in [0, 0.1) is 0 Å². The predicted molar refractivity (Wildman–Crippen MR) is 67.7 cm³/mol. The van der Waals surface area contributed by atoms with Crippen LogP contribution in [0.5, 0.6) is 11.5 Å². The minimum absolute atomic E-state index is 0.0653. The van der Waals surface area contributed by atoms with Crippen molar-refractivity contribution in [1.82, 2.24) is 0 Å². The first-order valence-electron chi connectivity index (χ1n) is 5.47. The Bertz CT molecular complexity index is 464. The van der Waals surface area contributed by atoms with E-state index < -0.39 is 0 Å². The molecule has 2 rings (SSSR count). The molecule has 0 unspecified atom stereocenters. The Morgan fingerprint density at radius 1 is 1.33 bits per heavy atom. The highest BCUT2D eigenvalue weighted by Crippen LogP contribution is 2.39. The first-order valence-corrected chi connectivity index (χ1v) is 5.84. The van der Waals surface area contributed by atoms with Crippen LogP contribution in [0.25, 0.3) is 0 Å². The summed E-state index contributed by atoms with van der Waals surface area (Å²) in [5.74, 6) is 0.939. The number of carbonyl (C=O) groups is 1. The van der Waals surface area contributed by atoms with Gasteiger partial charge in [-0.05, 0) is 0 Å². The van der Waals surface area contributed by atoms with E-state index in [-0.39, 0.29) is 12.5 Å². The summed E-state index contributed by atoms with van der Waals surface area (Å²) in [7, 11) is 3.07. The van der Waals surface area contributed by atoms with E-state index in [0.29, 0.717) is 35.4 Å². The fourth-order valence-corrected chi connectivity index (χ4v) is 2.08. The number of rotatable bonds is 3. The zero-order valence-electron chi connectivity index (χ0n) is 10.2. The molecule has 1 fully saturated rings. The molecule has 0 N–H and O–H groups in total. The molecule has 1 amide bonds. The van der Waals surface area contributed by atoms with Crippen molar-refractivity contribution in [3.63, 3.8) is 0 Å². The van der Waals surface area contributed by atoms with Gasteiger partial charge in [0.1, 0.15) is 23.1 Å². The molecule has 1 heterocycles. The van der Waals surface area contributed by atoms with Crippen LogP contribution >= 0.6 is 11.6 Å². The van der Waals surface area contributed by atoms with Gasteiger partial charge in [-0.25, -0.2) is 0 Å². The monoisotopic (exact) mass is 271 g/mol. The van der Waals surface area contributed by atoms with Crippen LogP contribution in [-0.2, 0) is 9.53 Å². The van der Waals surface area contributed by atoms with E-state index in [4.69, 9.17) is 25.8 Å². The van der Waals surface area contributed by atoms with Gasteiger partial charge in [-0.15, -0.1) is 0 Å². The number of nitrogens with zero attached hydrogens (tertiary/aromatic N) is 1. The Morgan fingerprint density at radius 3 is 2.72 bits per heavy atom. The second-order valence-electron chi connectivity index (χ2n) is 3.76. The highest BCUT2D eigenvalue weighted by Gasteiger charge is 2.24. The summed E-state index contributed by atoms with van der Waals surface area (Å²) in [6.45, 7) is 1.02. The number of halogens is 1. The van der Waals surface area contributed by atoms with Crippen molar-refractivity contribution in [1.29, 1.82) is 0 Å². The van der Waals surface area contributed by atoms with E-state index >= 15 is 0 Å². The third-order valence-corrected chi connectivity index (χ3v) is 3.11. The van der Waals surface area contributed by atoms with E-state index in [1.54, 1.807) is 24.1 Å². The fraction of sp³-hybridized carbons (Fsp3) is 0.417. The highest BCUT2D eigenvalue weighted by molar-refractivity contribution is 6.35. The Morgan fingerprint density at radius 2 is 2.11 bits per heavy atom. The lowest BCUT2D eigenvalue weighted by Gasteiger charge is -2.28. The minimum atomic E-state index is -0.126. The predicted octanol–water partition coefficient (Wildman–Crippen LogP) is 1.72. The van der Waals surface area contributed by atoms with E-state index in [1.165, 1.54) is 7.11 Å². The number of hydrogen-bond acceptors (Lipinski definition) is 4. The maximum absolute atomic E-state index is 11.8. The molecule has 1 aliphatic heterocycles. The van der Waals surface area contributed by atoms with Crippen molar-refractivity contribution in [3.8, 4) is 11.5 Å². The topological polar surface area (TPSA) is 48.0 Å². The van der Waals surface area contributed by atoms with Crippen LogP contribution in [0.1, 0.15) is 0 Å². The summed E-state index contributed by atoms with van der Waals surface area (Å²) in [6, 6.07) is 3.39. The SMILES string of the molecule is COc1cc(OC)c(Cl)c(N2CCOCC2=O)c1. The van der Waals surface area contributed by atoms with Crippen LogP contribution in [0.15, 0.2) is 12.1 Å². The summed E-state index contributed by atoms with van der Waals surface area (Å²) in [6.07, 6.45) is 0. The largest absolute Gasteiger partial charge is 0.497 e. The van der Waals surface area contributed by atoms with Gasteiger partial charge < -0.3 is 19.1 Å². The van der Waals surface area contributed by atoms with Gasteiger partial charge in [0, 0.05) is 18.7 Å².